The van der Waals surface area contributed by atoms with Crippen molar-refractivity contribution >= 4 is 29.3 Å². The Kier molecular flexibility index (Phi) is 6.01. The Bertz CT molecular complexity index is 875. The number of nitrogens with zero attached hydrogens (tertiary/aromatic N) is 2. The van der Waals surface area contributed by atoms with Crippen molar-refractivity contribution in [2.24, 2.45) is 7.05 Å². The number of thioether (sulfide) groups is 1. The van der Waals surface area contributed by atoms with Gasteiger partial charge in [-0.25, -0.2) is 4.98 Å². The molecule has 0 bridgehead atoms. The molecule has 3 aromatic rings. The number of carbonyl (C=O) groups excluding carboxylic acids is 1. The SMILES string of the molecule is CSCc1ccc(C(=O)N[C@@H](c2ccc(Cl)cc2)c2nccn2C)cc1. The van der Waals surface area contributed by atoms with Crippen LogP contribution in [0.1, 0.15) is 33.4 Å². The Morgan fingerprint density at radius 2 is 1.88 bits per heavy atom. The van der Waals surface area contributed by atoms with E-state index >= 15 is 0 Å². The van der Waals surface area contributed by atoms with Gasteiger partial charge in [0.25, 0.3) is 5.91 Å². The van der Waals surface area contributed by atoms with E-state index in [0.29, 0.717) is 10.6 Å². The molecule has 3 rings (SSSR count). The predicted octanol–water partition coefficient (Wildman–Crippen LogP) is 4.46. The third kappa shape index (κ3) is 4.29. The molecule has 0 spiro atoms. The van der Waals surface area contributed by atoms with E-state index in [9.17, 15) is 4.79 Å². The highest BCUT2D eigenvalue weighted by Gasteiger charge is 2.21. The molecule has 6 heteroatoms. The van der Waals surface area contributed by atoms with Gasteiger partial charge in [0.2, 0.25) is 0 Å². The van der Waals surface area contributed by atoms with Crippen LogP contribution < -0.4 is 5.32 Å². The summed E-state index contributed by atoms with van der Waals surface area (Å²) in [6.45, 7) is 0. The van der Waals surface area contributed by atoms with Crippen molar-refractivity contribution < 1.29 is 4.79 Å². The Balaban J connectivity index is 1.86. The van der Waals surface area contributed by atoms with Gasteiger partial charge in [0.05, 0.1) is 0 Å². The van der Waals surface area contributed by atoms with Gasteiger partial charge in [0, 0.05) is 35.8 Å². The smallest absolute Gasteiger partial charge is 0.252 e. The van der Waals surface area contributed by atoms with Gasteiger partial charge < -0.3 is 9.88 Å². The van der Waals surface area contributed by atoms with Gasteiger partial charge in [-0.2, -0.15) is 11.8 Å². The molecule has 0 saturated heterocycles. The molecular weight excluding hydrogens is 366 g/mol. The van der Waals surface area contributed by atoms with Crippen molar-refractivity contribution in [3.05, 3.63) is 88.5 Å². The topological polar surface area (TPSA) is 46.9 Å². The highest BCUT2D eigenvalue weighted by molar-refractivity contribution is 7.97. The standard InChI is InChI=1S/C20H20ClN3OS/c1-24-12-11-22-19(24)18(15-7-9-17(21)10-8-15)23-20(25)16-5-3-14(4-6-16)13-26-2/h3-12,18H,13H2,1-2H3,(H,23,25)/t18-/m0/s1. The fourth-order valence-corrected chi connectivity index (χ4v) is 3.39. The van der Waals surface area contributed by atoms with Crippen LogP contribution in [0.2, 0.25) is 5.02 Å². The summed E-state index contributed by atoms with van der Waals surface area (Å²) in [6, 6.07) is 14.8. The molecule has 26 heavy (non-hydrogen) atoms. The summed E-state index contributed by atoms with van der Waals surface area (Å²) in [5, 5.41) is 3.75. The molecule has 0 radical (unpaired) electrons. The van der Waals surface area contributed by atoms with Crippen molar-refractivity contribution in [3.8, 4) is 0 Å². The van der Waals surface area contributed by atoms with E-state index in [2.05, 4.69) is 16.6 Å². The number of hydrogen-bond donors (Lipinski definition) is 1. The normalized spacial score (nSPS) is 12.0. The minimum absolute atomic E-state index is 0.136. The van der Waals surface area contributed by atoms with Gasteiger partial charge in [-0.05, 0) is 41.6 Å². The summed E-state index contributed by atoms with van der Waals surface area (Å²) < 4.78 is 1.90. The zero-order chi connectivity index (χ0) is 18.5. The third-order valence-corrected chi connectivity index (χ3v) is 5.00. The van der Waals surface area contributed by atoms with Crippen molar-refractivity contribution in [2.75, 3.05) is 6.26 Å². The second kappa shape index (κ2) is 8.43. The van der Waals surface area contributed by atoms with E-state index in [1.54, 1.807) is 18.0 Å². The van der Waals surface area contributed by atoms with Crippen molar-refractivity contribution in [3.63, 3.8) is 0 Å². The number of carbonyl (C=O) groups is 1. The minimum Gasteiger partial charge on any atom is -0.338 e. The molecule has 1 heterocycles. The lowest BCUT2D eigenvalue weighted by Gasteiger charge is -2.19. The maximum Gasteiger partial charge on any atom is 0.252 e. The van der Waals surface area contributed by atoms with Crippen LogP contribution in [0.3, 0.4) is 0 Å². The Morgan fingerprint density at radius 1 is 1.19 bits per heavy atom. The van der Waals surface area contributed by atoms with Gasteiger partial charge in [0.15, 0.2) is 0 Å². The number of nitrogens with one attached hydrogen (secondary N) is 1. The maximum atomic E-state index is 12.8. The number of benzene rings is 2. The van der Waals surface area contributed by atoms with Crippen LogP contribution in [0.4, 0.5) is 0 Å². The number of aromatic nitrogens is 2. The second-order valence-corrected chi connectivity index (χ2v) is 7.29. The van der Waals surface area contributed by atoms with Gasteiger partial charge in [-0.1, -0.05) is 35.9 Å². The lowest BCUT2D eigenvalue weighted by Crippen LogP contribution is -2.31. The lowest BCUT2D eigenvalue weighted by atomic mass is 10.0. The first kappa shape index (κ1) is 18.5. The van der Waals surface area contributed by atoms with E-state index in [0.717, 1.165) is 17.1 Å². The number of halogens is 1. The number of imidazole rings is 1. The fraction of sp³-hybridized carbons (Fsp3) is 0.200. The van der Waals surface area contributed by atoms with Crippen LogP contribution in [0.25, 0.3) is 0 Å². The van der Waals surface area contributed by atoms with E-state index in [1.165, 1.54) is 5.56 Å². The predicted molar refractivity (Wildman–Crippen MR) is 108 cm³/mol. The molecule has 0 fully saturated rings. The number of aryl methyl sites for hydroxylation is 1. The first-order chi connectivity index (χ1) is 12.6. The van der Waals surface area contributed by atoms with E-state index < -0.39 is 0 Å². The first-order valence-electron chi connectivity index (χ1n) is 8.20. The molecule has 1 aromatic heterocycles. The minimum atomic E-state index is -0.356. The van der Waals surface area contributed by atoms with Gasteiger partial charge in [0.1, 0.15) is 11.9 Å². The average molecular weight is 386 g/mol. The highest BCUT2D eigenvalue weighted by Crippen LogP contribution is 2.23. The summed E-state index contributed by atoms with van der Waals surface area (Å²) in [5.41, 5.74) is 2.76. The molecule has 4 nitrogen and oxygen atoms in total. The Hall–Kier alpha value is -2.24. The summed E-state index contributed by atoms with van der Waals surface area (Å²) in [5.74, 6) is 1.56. The summed E-state index contributed by atoms with van der Waals surface area (Å²) in [7, 11) is 1.91. The zero-order valence-corrected chi connectivity index (χ0v) is 16.2. The Labute approximate surface area is 162 Å². The van der Waals surface area contributed by atoms with E-state index in [-0.39, 0.29) is 11.9 Å². The highest BCUT2D eigenvalue weighted by atomic mass is 35.5. The number of rotatable bonds is 6. The van der Waals surface area contributed by atoms with Crippen LogP contribution in [-0.4, -0.2) is 21.7 Å². The monoisotopic (exact) mass is 385 g/mol. The molecule has 2 aromatic carbocycles. The quantitative estimate of drug-likeness (QED) is 0.681. The molecular formula is C20H20ClN3OS. The van der Waals surface area contributed by atoms with E-state index in [4.69, 9.17) is 11.6 Å². The molecule has 0 saturated carbocycles. The van der Waals surface area contributed by atoms with Crippen molar-refractivity contribution in [1.82, 2.24) is 14.9 Å². The number of amides is 1. The molecule has 1 amide bonds. The van der Waals surface area contributed by atoms with E-state index in [1.807, 2.05) is 66.3 Å². The molecule has 1 N–H and O–H groups in total. The van der Waals surface area contributed by atoms with Crippen LogP contribution >= 0.6 is 23.4 Å². The third-order valence-electron chi connectivity index (χ3n) is 4.12. The molecule has 0 unspecified atom stereocenters. The van der Waals surface area contributed by atoms with Crippen molar-refractivity contribution in [1.29, 1.82) is 0 Å². The largest absolute Gasteiger partial charge is 0.338 e. The zero-order valence-electron chi connectivity index (χ0n) is 14.6. The average Bonchev–Trinajstić information content (AvgIpc) is 3.07. The summed E-state index contributed by atoms with van der Waals surface area (Å²) in [6.07, 6.45) is 5.65. The molecule has 0 aliphatic heterocycles. The second-order valence-electron chi connectivity index (χ2n) is 5.98. The van der Waals surface area contributed by atoms with Crippen molar-refractivity contribution in [2.45, 2.75) is 11.8 Å². The maximum absolute atomic E-state index is 12.8. The summed E-state index contributed by atoms with van der Waals surface area (Å²) >= 11 is 7.76. The van der Waals surface area contributed by atoms with Crippen LogP contribution in [0.5, 0.6) is 0 Å². The van der Waals surface area contributed by atoms with Crippen LogP contribution in [-0.2, 0) is 12.8 Å². The number of hydrogen-bond acceptors (Lipinski definition) is 3. The van der Waals surface area contributed by atoms with Gasteiger partial charge in [-0.15, -0.1) is 0 Å². The lowest BCUT2D eigenvalue weighted by molar-refractivity contribution is 0.0941. The molecule has 1 atom stereocenters. The van der Waals surface area contributed by atoms with Crippen LogP contribution in [0, 0.1) is 0 Å². The van der Waals surface area contributed by atoms with Gasteiger partial charge in [-0.3, -0.25) is 4.79 Å². The first-order valence-corrected chi connectivity index (χ1v) is 9.97. The molecule has 134 valence electrons. The van der Waals surface area contributed by atoms with Crippen LogP contribution in [0.15, 0.2) is 60.9 Å². The molecule has 0 aliphatic carbocycles. The Morgan fingerprint density at radius 3 is 2.46 bits per heavy atom. The fourth-order valence-electron chi connectivity index (χ4n) is 2.74. The molecule has 0 aliphatic rings. The van der Waals surface area contributed by atoms with Gasteiger partial charge >= 0.3 is 0 Å². The summed E-state index contributed by atoms with van der Waals surface area (Å²) in [4.78, 5) is 17.2.